The van der Waals surface area contributed by atoms with E-state index in [0.717, 1.165) is 0 Å². The van der Waals surface area contributed by atoms with Crippen molar-refractivity contribution < 1.29 is 228 Å². The monoisotopic (exact) mass is 2150 g/mol. The maximum Gasteiger partial charge on any atom is 0 e. The molecule has 0 atom stereocenters. The third kappa shape index (κ3) is 58.5. The van der Waals surface area contributed by atoms with Gasteiger partial charge in [0, 0.05) is 190 Å². The molecule has 0 radical (unpaired) electrons. The molecule has 0 unspecified atom stereocenters. The molecule has 11 heteroatoms. The van der Waals surface area contributed by atoms with Crippen molar-refractivity contribution in [3.8, 4) is 0 Å². The minimum Gasteiger partial charge on any atom is 0 e. The van der Waals surface area contributed by atoms with Gasteiger partial charge >= 0.3 is 96.1 Å². The Balaban J connectivity index is -0.0000000168. The van der Waals surface area contributed by atoms with E-state index in [0.29, 0.717) is 5.57 Å². The molecule has 0 rings (SSSR count). The molecule has 0 saturated carbocycles. The Morgan fingerprint density at radius 3 is 1.38 bits per heavy atom. The van der Waals surface area contributed by atoms with E-state index < -0.39 is 0 Å². The molecule has 0 spiro atoms. The van der Waals surface area contributed by atoms with Crippen LogP contribution in [-0.4, -0.2) is 8.80 Å². The van der Waals surface area contributed by atoms with Crippen LogP contribution < -0.4 is 0 Å². The van der Waals surface area contributed by atoms with Crippen LogP contribution in [0.5, 0.6) is 0 Å². The first-order valence-electron chi connectivity index (χ1n) is 3.25. The van der Waals surface area contributed by atoms with E-state index in [1.165, 1.54) is 38.7 Å². The van der Waals surface area contributed by atoms with Gasteiger partial charge in [-0.2, -0.15) is 0 Å². The molecule has 0 heterocycles. The summed E-state index contributed by atoms with van der Waals surface area (Å²) in [6.45, 7) is 5.58. The first kappa shape index (κ1) is 63.1. The van der Waals surface area contributed by atoms with E-state index in [-0.39, 0.29) is 190 Å². The Hall–Kier alpha value is 6.27. The standard InChI is InChI=1S/C10H8.11W/c1-4-6-7-9-10(3)8-5-2;;;;;;;;;;;/h1-8H;;;;;;;;;;;/q-2;;;;;;;;;;;/b6-4-,8-5-;;;;;;;;;;;. The summed E-state index contributed by atoms with van der Waals surface area (Å²) in [6.07, 6.45) is 12.4. The van der Waals surface area contributed by atoms with Gasteiger partial charge in [-0.05, 0) is 0 Å². The molecule has 0 fully saturated rings. The van der Waals surface area contributed by atoms with Crippen molar-refractivity contribution in [2.75, 3.05) is 0 Å². The van der Waals surface area contributed by atoms with Crippen LogP contribution in [0.2, 0.25) is 0 Å². The van der Waals surface area contributed by atoms with Gasteiger partial charge in [0.1, 0.15) is 0 Å². The molecule has 116 valence electrons. The van der Waals surface area contributed by atoms with Crippen LogP contribution in [0.25, 0.3) is 0 Å². The van der Waals surface area contributed by atoms with Gasteiger partial charge in [-0.25, -0.2) is 0 Å². The summed E-state index contributed by atoms with van der Waals surface area (Å²) in [5.41, 5.74) is 0.653. The Kier molecular flexibility index (Phi) is 169. The van der Waals surface area contributed by atoms with Gasteiger partial charge in [0.05, 0.1) is 0 Å². The topological polar surface area (TPSA) is 0 Å². The van der Waals surface area contributed by atoms with Crippen molar-refractivity contribution in [1.29, 1.82) is 0 Å². The average Bonchev–Trinajstić information content (AvgIpc) is 2.09. The molecule has 0 aliphatic heterocycles. The molecule has 0 aromatic carbocycles. The van der Waals surface area contributed by atoms with Crippen LogP contribution in [0.15, 0.2) is 36.0 Å². The molecule has 0 aromatic rings. The van der Waals surface area contributed by atoms with Crippen LogP contribution in [-0.2, 0) is 228 Å². The zero-order chi connectivity index (χ0) is 9.23. The number of allylic oxidation sites excluding steroid dienone is 7. The predicted octanol–water partition coefficient (Wildman–Crippen LogP) is 1.49. The second-order valence-corrected chi connectivity index (χ2v) is 3.74. The molecular weight excluding hydrogens is 2140 g/mol. The summed E-state index contributed by atoms with van der Waals surface area (Å²) in [4.78, 5) is 0. The van der Waals surface area contributed by atoms with Crippen molar-refractivity contribution in [2.24, 2.45) is 0 Å². The molecule has 0 nitrogen and oxygen atoms in total. The molecule has 0 amide bonds. The molecule has 0 aliphatic rings. The maximum absolute atomic E-state index is 5.58. The summed E-state index contributed by atoms with van der Waals surface area (Å²) in [7, 11) is 0. The Bertz CT molecular complexity index is 258. The summed E-state index contributed by atoms with van der Waals surface area (Å²) >= 11 is 2.86. The quantitative estimate of drug-likeness (QED) is 0.290. The first-order chi connectivity index (χ1) is 5.81. The fourth-order valence-electron chi connectivity index (χ4n) is 0.436. The summed E-state index contributed by atoms with van der Waals surface area (Å²) in [5, 5.41) is 0. The zero-order valence-corrected chi connectivity index (χ0v) is 42.4. The summed E-state index contributed by atoms with van der Waals surface area (Å²) in [5.74, 6) is 0. The van der Waals surface area contributed by atoms with E-state index >= 15 is 0 Å². The summed E-state index contributed by atoms with van der Waals surface area (Å²) < 4.78 is 4.04. The van der Waals surface area contributed by atoms with Gasteiger partial charge in [0.15, 0.2) is 0 Å². The minimum absolute atomic E-state index is 0. The second-order valence-electron chi connectivity index (χ2n) is 1.78. The van der Waals surface area contributed by atoms with Crippen molar-refractivity contribution >= 4 is 8.80 Å². The Morgan fingerprint density at radius 2 is 1.05 bits per heavy atom. The molecule has 0 N–H and O–H groups in total. The smallest absolute Gasteiger partial charge is 0 e. The van der Waals surface area contributed by atoms with Crippen LogP contribution >= 0.6 is 0 Å². The van der Waals surface area contributed by atoms with Gasteiger partial charge in [-0.15, -0.1) is 0 Å². The molecular formula is C10H8W11-2. The van der Waals surface area contributed by atoms with Crippen molar-refractivity contribution in [3.05, 3.63) is 48.6 Å². The number of hydrogen-bond donors (Lipinski definition) is 0. The van der Waals surface area contributed by atoms with Gasteiger partial charge in [0.25, 0.3) is 0 Å². The van der Waals surface area contributed by atoms with Gasteiger partial charge < -0.3 is 0 Å². The van der Waals surface area contributed by atoms with Gasteiger partial charge in [0.2, 0.25) is 0 Å². The van der Waals surface area contributed by atoms with E-state index in [9.17, 15) is 0 Å². The molecule has 0 bridgehead atoms. The Morgan fingerprint density at radius 1 is 0.667 bits per heavy atom. The van der Waals surface area contributed by atoms with E-state index in [1.807, 2.05) is 39.2 Å². The largest absolute Gasteiger partial charge is 0 e. The summed E-state index contributed by atoms with van der Waals surface area (Å²) in [6, 6.07) is 0. The molecule has 0 saturated heterocycles. The molecule has 0 aliphatic carbocycles. The fraction of sp³-hybridized carbons (Fsp3) is 0. The molecule has 0 aromatic heterocycles. The SMILES string of the molecule is [CH-]=C([C-]=C/C=C\[CH]=[W])/C=C\[CH]=[W].[W].[W].[W].[W].[W].[W].[W].[W].[W]. The first-order valence-corrected chi connectivity index (χ1v) is 6.64. The van der Waals surface area contributed by atoms with E-state index in [4.69, 9.17) is 6.58 Å². The minimum atomic E-state index is 0. The van der Waals surface area contributed by atoms with Gasteiger partial charge in [-0.3, -0.25) is 0 Å². The Labute approximate surface area is 279 Å². The van der Waals surface area contributed by atoms with Gasteiger partial charge in [-0.1, -0.05) is 0 Å². The fourth-order valence-corrected chi connectivity index (χ4v) is 1.04. The van der Waals surface area contributed by atoms with Crippen molar-refractivity contribution in [1.82, 2.24) is 0 Å². The van der Waals surface area contributed by atoms with Crippen LogP contribution in [0.1, 0.15) is 0 Å². The number of rotatable bonds is 5. The normalized spacial score (nSPS) is 6.48. The third-order valence-electron chi connectivity index (χ3n) is 0.890. The van der Waals surface area contributed by atoms with Crippen molar-refractivity contribution in [3.63, 3.8) is 0 Å². The average molecular weight is 2150 g/mol. The van der Waals surface area contributed by atoms with E-state index in [2.05, 4.69) is 6.08 Å². The third-order valence-corrected chi connectivity index (χ3v) is 2.02. The van der Waals surface area contributed by atoms with Crippen LogP contribution in [0, 0.1) is 12.7 Å². The van der Waals surface area contributed by atoms with Crippen LogP contribution in [0.4, 0.5) is 0 Å². The predicted molar refractivity (Wildman–Crippen MR) is 46.0 cm³/mol. The zero-order valence-electron chi connectivity index (χ0n) is 10.1. The van der Waals surface area contributed by atoms with Crippen LogP contribution in [0.3, 0.4) is 0 Å². The van der Waals surface area contributed by atoms with Crippen molar-refractivity contribution in [2.45, 2.75) is 0 Å². The van der Waals surface area contributed by atoms with E-state index in [1.54, 1.807) is 0 Å². The second kappa shape index (κ2) is 56.2. The maximum atomic E-state index is 5.58. The number of hydrogen-bond acceptors (Lipinski definition) is 0. The molecule has 21 heavy (non-hydrogen) atoms.